The Morgan fingerprint density at radius 2 is 1.83 bits per heavy atom. The van der Waals surface area contributed by atoms with Gasteiger partial charge in [0, 0.05) is 0 Å². The van der Waals surface area contributed by atoms with Gasteiger partial charge in [0.25, 0.3) is 0 Å². The number of aryl methyl sites for hydroxylation is 1. The van der Waals surface area contributed by atoms with Gasteiger partial charge in [-0.25, -0.2) is 0 Å². The molecule has 0 saturated heterocycles. The monoisotopic (exact) mass is 240 g/mol. The van der Waals surface area contributed by atoms with Gasteiger partial charge in [-0.1, -0.05) is 36.4 Å². The predicted molar refractivity (Wildman–Crippen MR) is 72.0 cm³/mol. The molecular weight excluding hydrogens is 224 g/mol. The van der Waals surface area contributed by atoms with E-state index in [4.69, 9.17) is 4.74 Å². The molecule has 0 aliphatic heterocycles. The molecule has 2 aromatic carbocycles. The lowest BCUT2D eigenvalue weighted by Gasteiger charge is -2.10. The quantitative estimate of drug-likeness (QED) is 0.760. The van der Waals surface area contributed by atoms with Gasteiger partial charge in [-0.05, 0) is 37.1 Å². The summed E-state index contributed by atoms with van der Waals surface area (Å²) < 4.78 is 5.74. The zero-order valence-corrected chi connectivity index (χ0v) is 10.6. The summed E-state index contributed by atoms with van der Waals surface area (Å²) in [6.45, 7) is 4.02. The van der Waals surface area contributed by atoms with Gasteiger partial charge in [0.2, 0.25) is 0 Å². The zero-order chi connectivity index (χ0) is 13.0. The molecular formula is C16H16O2. The fourth-order valence-corrected chi connectivity index (χ4v) is 1.78. The molecule has 0 amide bonds. The minimum Gasteiger partial charge on any atom is -0.488 e. The fourth-order valence-electron chi connectivity index (χ4n) is 1.78. The maximum absolute atomic E-state index is 11.5. The molecule has 92 valence electrons. The van der Waals surface area contributed by atoms with Crippen molar-refractivity contribution < 1.29 is 9.53 Å². The molecule has 2 aromatic rings. The highest BCUT2D eigenvalue weighted by atomic mass is 16.5. The van der Waals surface area contributed by atoms with Crippen molar-refractivity contribution in [1.29, 1.82) is 0 Å². The Kier molecular flexibility index (Phi) is 3.78. The molecule has 0 aromatic heterocycles. The normalized spacial score (nSPS) is 10.1. The van der Waals surface area contributed by atoms with E-state index >= 15 is 0 Å². The number of Topliss-reactive ketones (excluding diaryl/α,β-unsaturated/α-hetero) is 1. The molecule has 0 saturated carbocycles. The Hall–Kier alpha value is -2.09. The summed E-state index contributed by atoms with van der Waals surface area (Å²) in [6.07, 6.45) is 0. The standard InChI is InChI=1S/C16H16O2/c1-12-8-9-15(13(2)17)16(10-12)18-11-14-6-4-3-5-7-14/h3-10H,11H2,1-2H3. The van der Waals surface area contributed by atoms with Crippen LogP contribution in [-0.2, 0) is 6.61 Å². The van der Waals surface area contributed by atoms with Crippen molar-refractivity contribution in [3.8, 4) is 5.75 Å². The van der Waals surface area contributed by atoms with Crippen LogP contribution in [0, 0.1) is 6.92 Å². The number of ether oxygens (including phenoxy) is 1. The van der Waals surface area contributed by atoms with Crippen LogP contribution in [0.1, 0.15) is 28.4 Å². The molecule has 2 rings (SSSR count). The van der Waals surface area contributed by atoms with Gasteiger partial charge in [0.1, 0.15) is 12.4 Å². The Labute approximate surface area is 107 Å². The number of ketones is 1. The average molecular weight is 240 g/mol. The van der Waals surface area contributed by atoms with Crippen LogP contribution in [0.4, 0.5) is 0 Å². The van der Waals surface area contributed by atoms with Gasteiger partial charge in [-0.15, -0.1) is 0 Å². The Morgan fingerprint density at radius 3 is 2.50 bits per heavy atom. The van der Waals surface area contributed by atoms with E-state index in [1.54, 1.807) is 6.92 Å². The SMILES string of the molecule is CC(=O)c1ccc(C)cc1OCc1ccccc1. The van der Waals surface area contributed by atoms with Crippen LogP contribution in [0.3, 0.4) is 0 Å². The average Bonchev–Trinajstić information content (AvgIpc) is 2.37. The van der Waals surface area contributed by atoms with Crippen LogP contribution >= 0.6 is 0 Å². The topological polar surface area (TPSA) is 26.3 Å². The van der Waals surface area contributed by atoms with E-state index in [2.05, 4.69) is 0 Å². The van der Waals surface area contributed by atoms with E-state index in [9.17, 15) is 4.79 Å². The first-order valence-corrected chi connectivity index (χ1v) is 5.95. The number of benzene rings is 2. The first-order chi connectivity index (χ1) is 8.66. The second-order valence-electron chi connectivity index (χ2n) is 4.33. The third-order valence-electron chi connectivity index (χ3n) is 2.75. The zero-order valence-electron chi connectivity index (χ0n) is 10.6. The lowest BCUT2D eigenvalue weighted by atomic mass is 10.1. The minimum absolute atomic E-state index is 0.0260. The van der Waals surface area contributed by atoms with Crippen molar-refractivity contribution in [3.63, 3.8) is 0 Å². The first kappa shape index (κ1) is 12.4. The van der Waals surface area contributed by atoms with Gasteiger partial charge in [0.15, 0.2) is 5.78 Å². The highest BCUT2D eigenvalue weighted by molar-refractivity contribution is 5.96. The van der Waals surface area contributed by atoms with Gasteiger partial charge >= 0.3 is 0 Å². The molecule has 0 fully saturated rings. The van der Waals surface area contributed by atoms with Crippen LogP contribution in [0.2, 0.25) is 0 Å². The second-order valence-corrected chi connectivity index (χ2v) is 4.33. The van der Waals surface area contributed by atoms with Gasteiger partial charge in [-0.3, -0.25) is 4.79 Å². The summed E-state index contributed by atoms with van der Waals surface area (Å²) in [5.41, 5.74) is 2.81. The summed E-state index contributed by atoms with van der Waals surface area (Å²) in [5.74, 6) is 0.685. The van der Waals surface area contributed by atoms with Crippen LogP contribution in [0.15, 0.2) is 48.5 Å². The largest absolute Gasteiger partial charge is 0.488 e. The summed E-state index contributed by atoms with van der Waals surface area (Å²) >= 11 is 0. The van der Waals surface area contributed by atoms with E-state index in [0.717, 1.165) is 11.1 Å². The van der Waals surface area contributed by atoms with Crippen molar-refractivity contribution in [1.82, 2.24) is 0 Å². The van der Waals surface area contributed by atoms with Gasteiger partial charge in [0.05, 0.1) is 5.56 Å². The molecule has 0 aliphatic carbocycles. The molecule has 0 bridgehead atoms. The summed E-state index contributed by atoms with van der Waals surface area (Å²) in [5, 5.41) is 0. The van der Waals surface area contributed by atoms with Crippen LogP contribution in [0.25, 0.3) is 0 Å². The first-order valence-electron chi connectivity index (χ1n) is 5.95. The van der Waals surface area contributed by atoms with Crippen LogP contribution in [0.5, 0.6) is 5.75 Å². The molecule has 0 radical (unpaired) electrons. The van der Waals surface area contributed by atoms with E-state index < -0.39 is 0 Å². The van der Waals surface area contributed by atoms with Crippen LogP contribution in [-0.4, -0.2) is 5.78 Å². The lowest BCUT2D eigenvalue weighted by molar-refractivity contribution is 0.101. The van der Waals surface area contributed by atoms with E-state index in [0.29, 0.717) is 17.9 Å². The number of rotatable bonds is 4. The predicted octanol–water partition coefficient (Wildman–Crippen LogP) is 3.78. The van der Waals surface area contributed by atoms with Gasteiger partial charge in [-0.2, -0.15) is 0 Å². The highest BCUT2D eigenvalue weighted by Crippen LogP contribution is 2.22. The van der Waals surface area contributed by atoms with Gasteiger partial charge < -0.3 is 4.74 Å². The third kappa shape index (κ3) is 2.98. The smallest absolute Gasteiger partial charge is 0.163 e. The Morgan fingerprint density at radius 1 is 1.11 bits per heavy atom. The molecule has 2 heteroatoms. The van der Waals surface area contributed by atoms with Crippen molar-refractivity contribution in [2.45, 2.75) is 20.5 Å². The number of carbonyl (C=O) groups is 1. The second kappa shape index (κ2) is 5.50. The van der Waals surface area contributed by atoms with Crippen LogP contribution < -0.4 is 4.74 Å². The highest BCUT2D eigenvalue weighted by Gasteiger charge is 2.08. The molecule has 0 heterocycles. The molecule has 0 unspecified atom stereocenters. The molecule has 2 nitrogen and oxygen atoms in total. The third-order valence-corrected chi connectivity index (χ3v) is 2.75. The van der Waals surface area contributed by atoms with E-state index in [1.807, 2.05) is 55.5 Å². The maximum atomic E-state index is 11.5. The van der Waals surface area contributed by atoms with Crippen molar-refractivity contribution >= 4 is 5.78 Å². The van der Waals surface area contributed by atoms with Crippen molar-refractivity contribution in [2.24, 2.45) is 0 Å². The van der Waals surface area contributed by atoms with Crippen molar-refractivity contribution in [3.05, 3.63) is 65.2 Å². The number of carbonyl (C=O) groups excluding carboxylic acids is 1. The summed E-state index contributed by atoms with van der Waals surface area (Å²) in [6, 6.07) is 15.6. The number of hydrogen-bond acceptors (Lipinski definition) is 2. The lowest BCUT2D eigenvalue weighted by Crippen LogP contribution is -2.01. The number of hydrogen-bond donors (Lipinski definition) is 0. The van der Waals surface area contributed by atoms with E-state index in [-0.39, 0.29) is 5.78 Å². The molecule has 0 N–H and O–H groups in total. The molecule has 18 heavy (non-hydrogen) atoms. The molecule has 0 aliphatic rings. The maximum Gasteiger partial charge on any atom is 0.163 e. The fraction of sp³-hybridized carbons (Fsp3) is 0.188. The molecule has 0 spiro atoms. The van der Waals surface area contributed by atoms with Crippen molar-refractivity contribution in [2.75, 3.05) is 0 Å². The summed E-state index contributed by atoms with van der Waals surface area (Å²) in [7, 11) is 0. The Balaban J connectivity index is 2.18. The Bertz CT molecular complexity index is 544. The minimum atomic E-state index is 0.0260. The molecule has 0 atom stereocenters. The summed E-state index contributed by atoms with van der Waals surface area (Å²) in [4.78, 5) is 11.5. The van der Waals surface area contributed by atoms with E-state index in [1.165, 1.54) is 0 Å².